The van der Waals surface area contributed by atoms with Gasteiger partial charge in [0.15, 0.2) is 11.5 Å². The molecule has 0 saturated carbocycles. The van der Waals surface area contributed by atoms with Gasteiger partial charge in [-0.3, -0.25) is 4.79 Å². The van der Waals surface area contributed by atoms with Crippen molar-refractivity contribution >= 4 is 12.1 Å². The quantitative estimate of drug-likeness (QED) is 0.666. The highest BCUT2D eigenvalue weighted by atomic mass is 19.4. The van der Waals surface area contributed by atoms with E-state index in [0.717, 1.165) is 18.2 Å². The fourth-order valence-corrected chi connectivity index (χ4v) is 2.28. The molecule has 2 aromatic rings. The number of nitrogens with zero attached hydrogens (tertiary/aromatic N) is 1. The van der Waals surface area contributed by atoms with Gasteiger partial charge < -0.3 is 14.2 Å². The van der Waals surface area contributed by atoms with Crippen molar-refractivity contribution in [3.8, 4) is 17.2 Å². The molecule has 0 unspecified atom stereocenters. The molecule has 0 saturated heterocycles. The van der Waals surface area contributed by atoms with Crippen LogP contribution in [-0.4, -0.2) is 26.0 Å². The lowest BCUT2D eigenvalue weighted by Gasteiger charge is -2.08. The standard InChI is InChI=1S/C17H13F3N2O4/c1-24-13-7-15-14(25-9-26-15)6-11(13)8-21-22-16(23)10-3-2-4-12(5-10)17(18,19)20/h2-8H,9H2,1H3,(H,22,23)/b21-8-. The van der Waals surface area contributed by atoms with Crippen LogP contribution in [0.3, 0.4) is 0 Å². The van der Waals surface area contributed by atoms with Gasteiger partial charge in [-0.1, -0.05) is 6.07 Å². The molecule has 136 valence electrons. The Morgan fingerprint density at radius 2 is 1.96 bits per heavy atom. The molecule has 2 aromatic carbocycles. The van der Waals surface area contributed by atoms with E-state index in [-0.39, 0.29) is 12.4 Å². The van der Waals surface area contributed by atoms with E-state index < -0.39 is 17.6 Å². The number of amides is 1. The molecule has 9 heteroatoms. The number of nitrogens with one attached hydrogen (secondary N) is 1. The third-order valence-corrected chi connectivity index (χ3v) is 3.55. The minimum atomic E-state index is -4.53. The minimum absolute atomic E-state index is 0.0887. The summed E-state index contributed by atoms with van der Waals surface area (Å²) in [5, 5.41) is 3.76. The number of methoxy groups -OCH3 is 1. The largest absolute Gasteiger partial charge is 0.496 e. The number of alkyl halides is 3. The lowest BCUT2D eigenvalue weighted by atomic mass is 10.1. The van der Waals surface area contributed by atoms with Gasteiger partial charge in [-0.15, -0.1) is 0 Å². The Hall–Kier alpha value is -3.23. The molecule has 3 rings (SSSR count). The Labute approximate surface area is 146 Å². The first-order valence-electron chi connectivity index (χ1n) is 7.37. The smallest absolute Gasteiger partial charge is 0.416 e. The summed E-state index contributed by atoms with van der Waals surface area (Å²) < 4.78 is 53.8. The van der Waals surface area contributed by atoms with Gasteiger partial charge in [0.25, 0.3) is 5.91 Å². The van der Waals surface area contributed by atoms with Crippen LogP contribution in [0.1, 0.15) is 21.5 Å². The molecule has 1 aliphatic rings. The summed E-state index contributed by atoms with van der Waals surface area (Å²) in [6.07, 6.45) is -3.23. The molecule has 0 aliphatic carbocycles. The number of carbonyl (C=O) groups excluding carboxylic acids is 1. The van der Waals surface area contributed by atoms with Crippen LogP contribution in [0.4, 0.5) is 13.2 Å². The molecule has 0 bridgehead atoms. The molecule has 0 spiro atoms. The second-order valence-electron chi connectivity index (χ2n) is 5.23. The van der Waals surface area contributed by atoms with E-state index in [1.807, 2.05) is 0 Å². The first-order chi connectivity index (χ1) is 12.4. The second kappa shape index (κ2) is 6.95. The predicted octanol–water partition coefficient (Wildman–Crippen LogP) is 3.21. The molecular formula is C17H13F3N2O4. The lowest BCUT2D eigenvalue weighted by molar-refractivity contribution is -0.137. The van der Waals surface area contributed by atoms with Crippen LogP contribution in [0.25, 0.3) is 0 Å². The van der Waals surface area contributed by atoms with E-state index in [9.17, 15) is 18.0 Å². The Morgan fingerprint density at radius 3 is 2.65 bits per heavy atom. The van der Waals surface area contributed by atoms with Crippen molar-refractivity contribution in [1.29, 1.82) is 0 Å². The third-order valence-electron chi connectivity index (χ3n) is 3.55. The van der Waals surface area contributed by atoms with Crippen LogP contribution >= 0.6 is 0 Å². The van der Waals surface area contributed by atoms with E-state index in [1.165, 1.54) is 19.4 Å². The number of ether oxygens (including phenoxy) is 3. The highest BCUT2D eigenvalue weighted by molar-refractivity contribution is 5.95. The van der Waals surface area contributed by atoms with Gasteiger partial charge in [0.05, 0.1) is 18.9 Å². The van der Waals surface area contributed by atoms with Gasteiger partial charge in [0.2, 0.25) is 6.79 Å². The summed E-state index contributed by atoms with van der Waals surface area (Å²) in [4.78, 5) is 12.0. The maximum absolute atomic E-state index is 12.7. The van der Waals surface area contributed by atoms with Gasteiger partial charge in [-0.2, -0.15) is 18.3 Å². The van der Waals surface area contributed by atoms with Gasteiger partial charge in [0, 0.05) is 17.2 Å². The van der Waals surface area contributed by atoms with Crippen LogP contribution in [0.5, 0.6) is 17.2 Å². The number of halogens is 3. The third kappa shape index (κ3) is 3.71. The number of fused-ring (bicyclic) bond motifs is 1. The predicted molar refractivity (Wildman–Crippen MR) is 85.6 cm³/mol. The molecule has 0 fully saturated rings. The van der Waals surface area contributed by atoms with E-state index in [0.29, 0.717) is 22.8 Å². The van der Waals surface area contributed by atoms with Crippen LogP contribution < -0.4 is 19.6 Å². The Bertz CT molecular complexity index is 866. The number of carbonyl (C=O) groups is 1. The molecule has 6 nitrogen and oxygen atoms in total. The second-order valence-corrected chi connectivity index (χ2v) is 5.23. The highest BCUT2D eigenvalue weighted by Gasteiger charge is 2.30. The normalized spacial score (nSPS) is 13.1. The SMILES string of the molecule is COc1cc2c(cc1/C=N\NC(=O)c1cccc(C(F)(F)F)c1)OCO2. The fourth-order valence-electron chi connectivity index (χ4n) is 2.28. The van der Waals surface area contributed by atoms with Crippen LogP contribution in [-0.2, 0) is 6.18 Å². The minimum Gasteiger partial charge on any atom is -0.496 e. The van der Waals surface area contributed by atoms with Gasteiger partial charge in [-0.05, 0) is 24.3 Å². The Kier molecular flexibility index (Phi) is 4.70. The molecule has 0 aromatic heterocycles. The molecule has 0 radical (unpaired) electrons. The molecule has 1 N–H and O–H groups in total. The highest BCUT2D eigenvalue weighted by Crippen LogP contribution is 2.37. The maximum Gasteiger partial charge on any atom is 0.416 e. The molecule has 1 heterocycles. The monoisotopic (exact) mass is 366 g/mol. The van der Waals surface area contributed by atoms with Crippen LogP contribution in [0.15, 0.2) is 41.5 Å². The number of rotatable bonds is 4. The van der Waals surface area contributed by atoms with Gasteiger partial charge in [-0.25, -0.2) is 5.43 Å². The van der Waals surface area contributed by atoms with Crippen molar-refractivity contribution in [2.45, 2.75) is 6.18 Å². The molecule has 1 aliphatic heterocycles. The van der Waals surface area contributed by atoms with Gasteiger partial charge >= 0.3 is 6.18 Å². The molecule has 1 amide bonds. The Balaban J connectivity index is 1.74. The Morgan fingerprint density at radius 1 is 1.23 bits per heavy atom. The topological polar surface area (TPSA) is 69.2 Å². The fraction of sp³-hybridized carbons (Fsp3) is 0.176. The molecule has 0 atom stereocenters. The van der Waals surface area contributed by atoms with Crippen molar-refractivity contribution in [1.82, 2.24) is 5.43 Å². The van der Waals surface area contributed by atoms with Gasteiger partial charge in [0.1, 0.15) is 5.75 Å². The lowest BCUT2D eigenvalue weighted by Crippen LogP contribution is -2.18. The number of hydrogen-bond donors (Lipinski definition) is 1. The average molecular weight is 366 g/mol. The number of benzene rings is 2. The van der Waals surface area contributed by atoms with E-state index in [4.69, 9.17) is 14.2 Å². The van der Waals surface area contributed by atoms with E-state index in [2.05, 4.69) is 10.5 Å². The zero-order valence-corrected chi connectivity index (χ0v) is 13.5. The van der Waals surface area contributed by atoms with Crippen LogP contribution in [0.2, 0.25) is 0 Å². The van der Waals surface area contributed by atoms with Crippen molar-refractivity contribution < 1.29 is 32.2 Å². The zero-order chi connectivity index (χ0) is 18.7. The van der Waals surface area contributed by atoms with E-state index >= 15 is 0 Å². The van der Waals surface area contributed by atoms with Crippen LogP contribution in [0, 0.1) is 0 Å². The first kappa shape index (κ1) is 17.6. The molecule has 26 heavy (non-hydrogen) atoms. The first-order valence-corrected chi connectivity index (χ1v) is 7.37. The molecular weight excluding hydrogens is 353 g/mol. The van der Waals surface area contributed by atoms with Crippen molar-refractivity contribution in [2.24, 2.45) is 5.10 Å². The number of hydrazone groups is 1. The zero-order valence-electron chi connectivity index (χ0n) is 13.5. The maximum atomic E-state index is 12.7. The summed E-state index contributed by atoms with van der Waals surface area (Å²) in [6, 6.07) is 7.28. The summed E-state index contributed by atoms with van der Waals surface area (Å²) in [5.41, 5.74) is 1.61. The summed E-state index contributed by atoms with van der Waals surface area (Å²) in [5.74, 6) is 0.682. The van der Waals surface area contributed by atoms with E-state index in [1.54, 1.807) is 12.1 Å². The number of hydrogen-bond acceptors (Lipinski definition) is 5. The average Bonchev–Trinajstić information content (AvgIpc) is 3.07. The van der Waals surface area contributed by atoms with Crippen molar-refractivity contribution in [3.05, 3.63) is 53.1 Å². The summed E-state index contributed by atoms with van der Waals surface area (Å²) in [7, 11) is 1.45. The summed E-state index contributed by atoms with van der Waals surface area (Å²) in [6.45, 7) is 0.0887. The van der Waals surface area contributed by atoms with Crippen molar-refractivity contribution in [3.63, 3.8) is 0 Å². The summed E-state index contributed by atoms with van der Waals surface area (Å²) >= 11 is 0. The van der Waals surface area contributed by atoms with Crippen molar-refractivity contribution in [2.75, 3.05) is 13.9 Å².